The second-order valence-corrected chi connectivity index (χ2v) is 12.1. The number of urea groups is 1. The zero-order chi connectivity index (χ0) is 30.9. The summed E-state index contributed by atoms with van der Waals surface area (Å²) in [7, 11) is 1.51. The van der Waals surface area contributed by atoms with Crippen LogP contribution in [0.1, 0.15) is 54.0 Å². The van der Waals surface area contributed by atoms with E-state index in [9.17, 15) is 28.3 Å². The van der Waals surface area contributed by atoms with Gasteiger partial charge >= 0.3 is 11.9 Å². The molecule has 0 bridgehead atoms. The number of ether oxygens (including phenoxy) is 1. The number of aromatic nitrogens is 2. The van der Waals surface area contributed by atoms with Gasteiger partial charge in [0.25, 0.3) is 0 Å². The van der Waals surface area contributed by atoms with Crippen LogP contribution in [-0.2, 0) is 9.59 Å². The molecule has 2 aliphatic rings. The van der Waals surface area contributed by atoms with Crippen LogP contribution in [0.4, 0.5) is 13.6 Å². The number of hydrogen-bond donors (Lipinski definition) is 3. The van der Waals surface area contributed by atoms with Crippen molar-refractivity contribution in [1.82, 2.24) is 15.3 Å². The number of imide groups is 1. The first-order valence-electron chi connectivity index (χ1n) is 13.6. The zero-order valence-electron chi connectivity index (χ0n) is 23.3. The van der Waals surface area contributed by atoms with E-state index in [1.807, 2.05) is 59.8 Å². The molecule has 1 saturated heterocycles. The third-order valence-electron chi connectivity index (χ3n) is 7.98. The Morgan fingerprint density at radius 3 is 2.51 bits per heavy atom. The number of aliphatic hydroxyl groups excluding tert-OH is 1. The van der Waals surface area contributed by atoms with Crippen molar-refractivity contribution >= 4 is 46.4 Å². The van der Waals surface area contributed by atoms with E-state index in [4.69, 9.17) is 4.74 Å². The molecule has 0 saturated carbocycles. The molecule has 0 spiro atoms. The van der Waals surface area contributed by atoms with Crippen LogP contribution in [0.3, 0.4) is 0 Å². The third-order valence-corrected chi connectivity index (χ3v) is 8.73. The Morgan fingerprint density at radius 2 is 1.88 bits per heavy atom. The molecular weight excluding hydrogens is 673 g/mol. The average Bonchev–Trinajstić information content (AvgIpc) is 3.55. The standard InChI is InChI=1S/C31H29F2IN4O5/c1-17(18-6-4-3-5-7-18)28(29-35-14-25(36-29)26-23(32)12-20(34)13-24(26)33)38(2)30(41)27(37-31(38)42)19-8-10-21(11-9-19)43-22(15-39)16-40/h3-12,14-15,17,22,24,27-28,40H,13,16H2,1-2H3,(H-,35,36,37,42)/p+1/t17?,22?,24?,27-,28+,38?/m1/s1. The average molecular weight is 704 g/mol. The number of aldehydes is 1. The molecule has 1 fully saturated rings. The van der Waals surface area contributed by atoms with Crippen molar-refractivity contribution < 1.29 is 37.5 Å². The highest BCUT2D eigenvalue weighted by molar-refractivity contribution is 14.1. The lowest BCUT2D eigenvalue weighted by molar-refractivity contribution is -0.784. The highest BCUT2D eigenvalue weighted by atomic mass is 127. The predicted octanol–water partition coefficient (Wildman–Crippen LogP) is 5.37. The first-order chi connectivity index (χ1) is 20.6. The highest BCUT2D eigenvalue weighted by Gasteiger charge is 2.60. The van der Waals surface area contributed by atoms with Crippen LogP contribution in [0.25, 0.3) is 5.57 Å². The summed E-state index contributed by atoms with van der Waals surface area (Å²) in [6.07, 6.45) is 0.543. The van der Waals surface area contributed by atoms with Gasteiger partial charge in [0.05, 0.1) is 25.5 Å². The van der Waals surface area contributed by atoms with E-state index in [1.165, 1.54) is 19.3 Å². The van der Waals surface area contributed by atoms with Gasteiger partial charge in [0, 0.05) is 17.9 Å². The molecule has 5 rings (SSSR count). The molecule has 12 heteroatoms. The van der Waals surface area contributed by atoms with Crippen molar-refractivity contribution in [3.05, 3.63) is 98.9 Å². The first-order valence-corrected chi connectivity index (χ1v) is 14.7. The first kappa shape index (κ1) is 30.7. The van der Waals surface area contributed by atoms with Crippen molar-refractivity contribution in [3.63, 3.8) is 0 Å². The summed E-state index contributed by atoms with van der Waals surface area (Å²) >= 11 is 1.90. The number of H-pyrrole nitrogens is 1. The molecule has 3 N–H and O–H groups in total. The van der Waals surface area contributed by atoms with E-state index in [0.29, 0.717) is 21.2 Å². The number of amides is 3. The fourth-order valence-electron chi connectivity index (χ4n) is 5.68. The Labute approximate surface area is 260 Å². The molecule has 9 nitrogen and oxygen atoms in total. The van der Waals surface area contributed by atoms with Gasteiger partial charge in [-0.2, -0.15) is 4.48 Å². The molecule has 1 aliphatic carbocycles. The normalized spacial score (nSPS) is 24.3. The van der Waals surface area contributed by atoms with Crippen LogP contribution in [-0.4, -0.2) is 63.7 Å². The maximum Gasteiger partial charge on any atom is 0.425 e. The van der Waals surface area contributed by atoms with E-state index < -0.39 is 59.1 Å². The van der Waals surface area contributed by atoms with E-state index in [-0.39, 0.29) is 23.5 Å². The van der Waals surface area contributed by atoms with E-state index >= 15 is 0 Å². The van der Waals surface area contributed by atoms with Crippen LogP contribution in [0, 0.1) is 0 Å². The number of halogens is 3. The number of carbonyl (C=O) groups excluding carboxylic acids is 3. The smallest absolute Gasteiger partial charge is 0.425 e. The number of nitrogens with one attached hydrogen (secondary N) is 2. The van der Waals surface area contributed by atoms with Gasteiger partial charge in [0.1, 0.15) is 17.7 Å². The van der Waals surface area contributed by atoms with E-state index in [0.717, 1.165) is 5.56 Å². The van der Waals surface area contributed by atoms with Crippen molar-refractivity contribution in [1.29, 1.82) is 0 Å². The zero-order valence-corrected chi connectivity index (χ0v) is 25.5. The summed E-state index contributed by atoms with van der Waals surface area (Å²) in [5, 5.41) is 12.0. The van der Waals surface area contributed by atoms with Gasteiger partial charge in [-0.15, -0.1) is 0 Å². The minimum absolute atomic E-state index is 0.0392. The van der Waals surface area contributed by atoms with Crippen LogP contribution in [0.5, 0.6) is 5.75 Å². The summed E-state index contributed by atoms with van der Waals surface area (Å²) in [6.45, 7) is 1.39. The van der Waals surface area contributed by atoms with Gasteiger partial charge in [0.15, 0.2) is 30.3 Å². The number of aliphatic hydroxyl groups is 1. The van der Waals surface area contributed by atoms with Crippen molar-refractivity contribution in [2.45, 2.75) is 43.6 Å². The topological polar surface area (TPSA) is 121 Å². The summed E-state index contributed by atoms with van der Waals surface area (Å²) in [5.41, 5.74) is 1.32. The lowest BCUT2D eigenvalue weighted by Crippen LogP contribution is -2.54. The van der Waals surface area contributed by atoms with Crippen LogP contribution in [0.15, 0.2) is 76.3 Å². The van der Waals surface area contributed by atoms with Crippen molar-refractivity contribution in [2.75, 3.05) is 13.7 Å². The second kappa shape index (κ2) is 12.5. The molecule has 2 aromatic carbocycles. The van der Waals surface area contributed by atoms with Gasteiger partial charge < -0.3 is 14.8 Å². The molecule has 3 amide bonds. The van der Waals surface area contributed by atoms with Gasteiger partial charge in [-0.1, -0.05) is 49.4 Å². The van der Waals surface area contributed by atoms with Gasteiger partial charge in [-0.25, -0.2) is 23.4 Å². The van der Waals surface area contributed by atoms with Crippen molar-refractivity contribution in [3.8, 4) is 5.75 Å². The Hall–Kier alpha value is -3.75. The summed E-state index contributed by atoms with van der Waals surface area (Å²) in [6, 6.07) is 13.2. The van der Waals surface area contributed by atoms with Gasteiger partial charge in [-0.05, 0) is 55.5 Å². The molecule has 6 atom stereocenters. The van der Waals surface area contributed by atoms with Crippen LogP contribution in [0.2, 0.25) is 0 Å². The number of imidazole rings is 1. The number of aromatic amines is 1. The molecule has 3 aromatic rings. The quantitative estimate of drug-likeness (QED) is 0.113. The second-order valence-electron chi connectivity index (χ2n) is 10.7. The molecule has 43 heavy (non-hydrogen) atoms. The number of quaternary nitrogens is 1. The van der Waals surface area contributed by atoms with Crippen LogP contribution >= 0.6 is 22.6 Å². The predicted molar refractivity (Wildman–Crippen MR) is 162 cm³/mol. The largest absolute Gasteiger partial charge is 0.481 e. The Balaban J connectivity index is 1.53. The Kier molecular flexibility index (Phi) is 8.90. The van der Waals surface area contributed by atoms with Crippen LogP contribution < -0.4 is 10.1 Å². The Morgan fingerprint density at radius 1 is 1.19 bits per heavy atom. The van der Waals surface area contributed by atoms with E-state index in [1.54, 1.807) is 24.3 Å². The fraction of sp³-hybridized carbons (Fsp3) is 0.290. The monoisotopic (exact) mass is 703 g/mol. The lowest BCUT2D eigenvalue weighted by atomic mass is 9.90. The number of rotatable bonds is 10. The molecule has 2 heterocycles. The number of benzene rings is 2. The maximum atomic E-state index is 15.0. The van der Waals surface area contributed by atoms with Crippen molar-refractivity contribution in [2.24, 2.45) is 0 Å². The third kappa shape index (κ3) is 5.78. The molecule has 4 unspecified atom stereocenters. The number of likely N-dealkylation sites (N-methyl/N-ethyl adjacent to an activating group) is 1. The van der Waals surface area contributed by atoms with Gasteiger partial charge in [-0.3, -0.25) is 10.1 Å². The number of allylic oxidation sites excluding steroid dienone is 4. The highest BCUT2D eigenvalue weighted by Crippen LogP contribution is 2.44. The number of hydrogen-bond acceptors (Lipinski definition) is 6. The number of nitrogens with zero attached hydrogens (tertiary/aromatic N) is 2. The Bertz CT molecular complexity index is 1590. The minimum Gasteiger partial charge on any atom is -0.481 e. The maximum absolute atomic E-state index is 15.0. The summed E-state index contributed by atoms with van der Waals surface area (Å²) in [5.74, 6) is -1.04. The molecule has 1 aromatic heterocycles. The minimum atomic E-state index is -1.58. The molecule has 224 valence electrons. The summed E-state index contributed by atoms with van der Waals surface area (Å²) < 4.78 is 35.1. The SMILES string of the molecule is CC(c1ccccc1)[C@@H](c1ncc(C2=C(F)C=C(I)CC2F)[nH]1)[N+]1(C)C(=O)N[C@H](c2ccc(OC(C=O)CO)cc2)C1=O. The summed E-state index contributed by atoms with van der Waals surface area (Å²) in [4.78, 5) is 46.5. The molecular formula is C31H30F2IN4O5+. The van der Waals surface area contributed by atoms with Gasteiger partial charge in [0.2, 0.25) is 0 Å². The van der Waals surface area contributed by atoms with E-state index in [2.05, 4.69) is 15.3 Å². The molecule has 1 aliphatic heterocycles. The molecule has 0 radical (unpaired) electrons. The number of alkyl halides is 1. The lowest BCUT2D eigenvalue weighted by Gasteiger charge is -2.34. The fourth-order valence-corrected chi connectivity index (χ4v) is 6.34. The number of carbonyl (C=O) groups is 3.